The van der Waals surface area contributed by atoms with Crippen molar-refractivity contribution < 1.29 is 18.0 Å². The maximum absolute atomic E-state index is 11.8. The molecule has 0 saturated carbocycles. The average Bonchev–Trinajstić information content (AvgIpc) is 1.97. The van der Waals surface area contributed by atoms with Gasteiger partial charge in [-0.1, -0.05) is 5.92 Å². The van der Waals surface area contributed by atoms with Gasteiger partial charge >= 0.3 is 6.18 Å². The van der Waals surface area contributed by atoms with Gasteiger partial charge in [-0.25, -0.2) is 0 Å². The number of hydrogen-bond acceptors (Lipinski definition) is 1. The maximum Gasteiger partial charge on any atom is 0.400 e. The lowest BCUT2D eigenvalue weighted by atomic mass is 10.1. The van der Waals surface area contributed by atoms with Crippen molar-refractivity contribution in [3.8, 4) is 12.3 Å². The van der Waals surface area contributed by atoms with E-state index in [1.165, 1.54) is 0 Å². The summed E-state index contributed by atoms with van der Waals surface area (Å²) in [5.74, 6) is -1.10. The van der Waals surface area contributed by atoms with E-state index in [1.807, 2.05) is 11.2 Å². The monoisotopic (exact) mass is 179 g/mol. The second-order valence-electron chi connectivity index (χ2n) is 2.19. The average molecular weight is 179 g/mol. The van der Waals surface area contributed by atoms with Crippen LogP contribution in [0.3, 0.4) is 0 Å². The second kappa shape index (κ2) is 4.00. The van der Waals surface area contributed by atoms with Crippen LogP contribution in [0.25, 0.3) is 0 Å². The molecule has 0 aromatic rings. The third kappa shape index (κ3) is 3.28. The standard InChI is InChI=1S/C7H8F3NO/c1-3-4-11-6(12)5(2)7(8,9)10/h1,5H,4H2,2H3,(H,11,12). The van der Waals surface area contributed by atoms with Crippen molar-refractivity contribution >= 4 is 5.91 Å². The molecule has 12 heavy (non-hydrogen) atoms. The normalized spacial score (nSPS) is 13.2. The van der Waals surface area contributed by atoms with Gasteiger partial charge in [0.05, 0.1) is 6.54 Å². The largest absolute Gasteiger partial charge is 0.400 e. The van der Waals surface area contributed by atoms with Crippen LogP contribution in [-0.4, -0.2) is 18.6 Å². The molecule has 1 amide bonds. The summed E-state index contributed by atoms with van der Waals surface area (Å²) < 4.78 is 35.4. The zero-order valence-electron chi connectivity index (χ0n) is 6.40. The quantitative estimate of drug-likeness (QED) is 0.628. The predicted octanol–water partition coefficient (Wildman–Crippen LogP) is 0.934. The summed E-state index contributed by atoms with van der Waals surface area (Å²) in [7, 11) is 0. The molecule has 0 heterocycles. The van der Waals surface area contributed by atoms with E-state index in [4.69, 9.17) is 6.42 Å². The number of nitrogens with one attached hydrogen (secondary N) is 1. The molecule has 1 N–H and O–H groups in total. The van der Waals surface area contributed by atoms with E-state index in [2.05, 4.69) is 0 Å². The van der Waals surface area contributed by atoms with Crippen LogP contribution in [0.15, 0.2) is 0 Å². The Morgan fingerprint density at radius 2 is 2.17 bits per heavy atom. The van der Waals surface area contributed by atoms with Gasteiger partial charge in [0, 0.05) is 0 Å². The molecule has 0 aliphatic heterocycles. The van der Waals surface area contributed by atoms with Gasteiger partial charge in [-0.3, -0.25) is 4.79 Å². The molecule has 5 heteroatoms. The van der Waals surface area contributed by atoms with Crippen molar-refractivity contribution in [2.75, 3.05) is 6.54 Å². The molecule has 0 aliphatic carbocycles. The summed E-state index contributed by atoms with van der Waals surface area (Å²) in [4.78, 5) is 10.6. The molecule has 0 rings (SSSR count). The molecular weight excluding hydrogens is 171 g/mol. The van der Waals surface area contributed by atoms with Gasteiger partial charge in [0.15, 0.2) is 0 Å². The molecule has 0 radical (unpaired) electrons. The Hall–Kier alpha value is -1.18. The van der Waals surface area contributed by atoms with Crippen LogP contribution in [0, 0.1) is 18.3 Å². The Kier molecular flexibility index (Phi) is 3.61. The molecule has 0 saturated heterocycles. The summed E-state index contributed by atoms with van der Waals surface area (Å²) in [6, 6.07) is 0. The first-order valence-corrected chi connectivity index (χ1v) is 3.17. The first-order chi connectivity index (χ1) is 5.39. The van der Waals surface area contributed by atoms with Crippen LogP contribution < -0.4 is 5.32 Å². The second-order valence-corrected chi connectivity index (χ2v) is 2.19. The van der Waals surface area contributed by atoms with Crippen molar-refractivity contribution in [2.45, 2.75) is 13.1 Å². The Labute approximate surface area is 68.1 Å². The van der Waals surface area contributed by atoms with Gasteiger partial charge in [0.1, 0.15) is 5.92 Å². The molecule has 1 atom stereocenters. The first kappa shape index (κ1) is 10.8. The maximum atomic E-state index is 11.8. The molecule has 2 nitrogen and oxygen atoms in total. The number of carbonyl (C=O) groups excluding carboxylic acids is 1. The van der Waals surface area contributed by atoms with Crippen molar-refractivity contribution in [1.82, 2.24) is 5.32 Å². The van der Waals surface area contributed by atoms with Gasteiger partial charge in [0.25, 0.3) is 0 Å². The fourth-order valence-corrected chi connectivity index (χ4v) is 0.440. The van der Waals surface area contributed by atoms with Crippen molar-refractivity contribution in [3.05, 3.63) is 0 Å². The lowest BCUT2D eigenvalue weighted by Crippen LogP contribution is -2.37. The Balaban J connectivity index is 4.04. The molecule has 0 spiro atoms. The number of terminal acetylenes is 1. The zero-order chi connectivity index (χ0) is 9.78. The fraction of sp³-hybridized carbons (Fsp3) is 0.571. The number of hydrogen-bond donors (Lipinski definition) is 1. The van der Waals surface area contributed by atoms with Crippen molar-refractivity contribution in [2.24, 2.45) is 5.92 Å². The third-order valence-corrected chi connectivity index (χ3v) is 1.25. The van der Waals surface area contributed by atoms with E-state index in [0.717, 1.165) is 6.92 Å². The minimum Gasteiger partial charge on any atom is -0.345 e. The highest BCUT2D eigenvalue weighted by Crippen LogP contribution is 2.25. The number of halogens is 3. The smallest absolute Gasteiger partial charge is 0.345 e. The van der Waals surface area contributed by atoms with Crippen molar-refractivity contribution in [3.63, 3.8) is 0 Å². The lowest BCUT2D eigenvalue weighted by Gasteiger charge is -2.13. The van der Waals surface area contributed by atoms with E-state index in [1.54, 1.807) is 0 Å². The van der Waals surface area contributed by atoms with Crippen LogP contribution in [0.4, 0.5) is 13.2 Å². The topological polar surface area (TPSA) is 29.1 Å². The Morgan fingerprint density at radius 3 is 2.50 bits per heavy atom. The SMILES string of the molecule is C#CCNC(=O)C(C)C(F)(F)F. The van der Waals surface area contributed by atoms with Gasteiger partial charge < -0.3 is 5.32 Å². The van der Waals surface area contributed by atoms with E-state index in [-0.39, 0.29) is 6.54 Å². The number of amides is 1. The van der Waals surface area contributed by atoms with Crippen LogP contribution in [0.5, 0.6) is 0 Å². The van der Waals surface area contributed by atoms with Gasteiger partial charge in [-0.2, -0.15) is 13.2 Å². The van der Waals surface area contributed by atoms with E-state index < -0.39 is 18.0 Å². The fourth-order valence-electron chi connectivity index (χ4n) is 0.440. The minimum absolute atomic E-state index is 0.181. The first-order valence-electron chi connectivity index (χ1n) is 3.17. The summed E-state index contributed by atoms with van der Waals surface area (Å²) >= 11 is 0. The molecule has 0 aromatic heterocycles. The minimum atomic E-state index is -4.50. The third-order valence-electron chi connectivity index (χ3n) is 1.25. The summed E-state index contributed by atoms with van der Waals surface area (Å²) in [6.07, 6.45) is 0.239. The van der Waals surface area contributed by atoms with Crippen LogP contribution in [0.2, 0.25) is 0 Å². The van der Waals surface area contributed by atoms with E-state index >= 15 is 0 Å². The molecule has 1 unspecified atom stereocenters. The number of rotatable bonds is 2. The molecule has 0 aromatic carbocycles. The Morgan fingerprint density at radius 1 is 1.67 bits per heavy atom. The highest BCUT2D eigenvalue weighted by atomic mass is 19.4. The number of carbonyl (C=O) groups is 1. The van der Waals surface area contributed by atoms with Gasteiger partial charge in [-0.15, -0.1) is 6.42 Å². The lowest BCUT2D eigenvalue weighted by molar-refractivity contribution is -0.178. The molecule has 0 fully saturated rings. The Bertz CT molecular complexity index is 204. The van der Waals surface area contributed by atoms with E-state index in [9.17, 15) is 18.0 Å². The highest BCUT2D eigenvalue weighted by Gasteiger charge is 2.40. The molecular formula is C7H8F3NO. The van der Waals surface area contributed by atoms with Crippen LogP contribution >= 0.6 is 0 Å². The summed E-state index contributed by atoms with van der Waals surface area (Å²) in [6.45, 7) is 0.602. The molecule has 0 bridgehead atoms. The van der Waals surface area contributed by atoms with Crippen LogP contribution in [0.1, 0.15) is 6.92 Å². The summed E-state index contributed by atoms with van der Waals surface area (Å²) in [5.41, 5.74) is 0. The van der Waals surface area contributed by atoms with Gasteiger partial charge in [-0.05, 0) is 6.92 Å². The van der Waals surface area contributed by atoms with Crippen molar-refractivity contribution in [1.29, 1.82) is 0 Å². The molecule has 0 aliphatic rings. The van der Waals surface area contributed by atoms with Gasteiger partial charge in [0.2, 0.25) is 5.91 Å². The van der Waals surface area contributed by atoms with Crippen LogP contribution in [-0.2, 0) is 4.79 Å². The zero-order valence-corrected chi connectivity index (χ0v) is 6.40. The highest BCUT2D eigenvalue weighted by molar-refractivity contribution is 5.79. The van der Waals surface area contributed by atoms with E-state index in [0.29, 0.717) is 0 Å². The predicted molar refractivity (Wildman–Crippen MR) is 37.1 cm³/mol. The number of alkyl halides is 3. The summed E-state index contributed by atoms with van der Waals surface area (Å²) in [5, 5.41) is 1.94. The molecule has 68 valence electrons.